The van der Waals surface area contributed by atoms with Crippen molar-refractivity contribution in [2.75, 3.05) is 51.4 Å². The van der Waals surface area contributed by atoms with Crippen LogP contribution in [0, 0.1) is 0 Å². The van der Waals surface area contributed by atoms with Crippen LogP contribution in [0.3, 0.4) is 0 Å². The SMILES string of the molecule is CN(c1ccncn1)C1CCN(CC2COCCO2)CC1. The maximum Gasteiger partial charge on any atom is 0.131 e. The van der Waals surface area contributed by atoms with Crippen molar-refractivity contribution in [2.24, 2.45) is 0 Å². The molecule has 0 amide bonds. The molecule has 0 N–H and O–H groups in total. The number of ether oxygens (including phenoxy) is 2. The summed E-state index contributed by atoms with van der Waals surface area (Å²) < 4.78 is 11.2. The molecule has 3 heterocycles. The van der Waals surface area contributed by atoms with Crippen LogP contribution in [-0.4, -0.2) is 73.5 Å². The maximum atomic E-state index is 5.73. The fourth-order valence-electron chi connectivity index (χ4n) is 3.10. The van der Waals surface area contributed by atoms with E-state index in [2.05, 4.69) is 26.8 Å². The first-order valence-electron chi connectivity index (χ1n) is 7.73. The zero-order valence-electron chi connectivity index (χ0n) is 12.6. The Kier molecular flexibility index (Phi) is 5.00. The minimum Gasteiger partial charge on any atom is -0.376 e. The fraction of sp³-hybridized carbons (Fsp3) is 0.733. The van der Waals surface area contributed by atoms with E-state index in [0.29, 0.717) is 6.04 Å². The van der Waals surface area contributed by atoms with Gasteiger partial charge in [-0.1, -0.05) is 0 Å². The molecule has 0 saturated carbocycles. The maximum absolute atomic E-state index is 5.73. The molecule has 1 aromatic rings. The topological polar surface area (TPSA) is 50.7 Å². The van der Waals surface area contributed by atoms with Gasteiger partial charge in [0.2, 0.25) is 0 Å². The third-order valence-corrected chi connectivity index (χ3v) is 4.38. The highest BCUT2D eigenvalue weighted by atomic mass is 16.6. The summed E-state index contributed by atoms with van der Waals surface area (Å²) in [6.07, 6.45) is 5.98. The van der Waals surface area contributed by atoms with Gasteiger partial charge in [0.15, 0.2) is 0 Å². The fourth-order valence-corrected chi connectivity index (χ4v) is 3.10. The highest BCUT2D eigenvalue weighted by Crippen LogP contribution is 2.20. The summed E-state index contributed by atoms with van der Waals surface area (Å²) in [5.74, 6) is 1.01. The molecule has 3 rings (SSSR count). The van der Waals surface area contributed by atoms with Crippen molar-refractivity contribution in [1.29, 1.82) is 0 Å². The Balaban J connectivity index is 1.46. The molecule has 2 aliphatic heterocycles. The summed E-state index contributed by atoms with van der Waals surface area (Å²) in [7, 11) is 2.13. The van der Waals surface area contributed by atoms with Gasteiger partial charge in [0.05, 0.1) is 25.9 Å². The van der Waals surface area contributed by atoms with E-state index in [-0.39, 0.29) is 6.10 Å². The summed E-state index contributed by atoms with van der Waals surface area (Å²) in [4.78, 5) is 13.1. The molecular weight excluding hydrogens is 268 g/mol. The summed E-state index contributed by atoms with van der Waals surface area (Å²) in [5.41, 5.74) is 0. The van der Waals surface area contributed by atoms with Crippen LogP contribution in [0.15, 0.2) is 18.6 Å². The molecule has 21 heavy (non-hydrogen) atoms. The first-order chi connectivity index (χ1) is 10.3. The van der Waals surface area contributed by atoms with E-state index >= 15 is 0 Å². The Morgan fingerprint density at radius 1 is 1.33 bits per heavy atom. The number of nitrogens with zero attached hydrogens (tertiary/aromatic N) is 4. The monoisotopic (exact) mass is 292 g/mol. The van der Waals surface area contributed by atoms with E-state index in [0.717, 1.165) is 58.1 Å². The van der Waals surface area contributed by atoms with Crippen molar-refractivity contribution >= 4 is 5.82 Å². The predicted octanol–water partition coefficient (Wildman–Crippen LogP) is 0.793. The summed E-state index contributed by atoms with van der Waals surface area (Å²) in [6.45, 7) is 5.42. The van der Waals surface area contributed by atoms with E-state index in [1.54, 1.807) is 12.5 Å². The molecule has 0 aliphatic carbocycles. The van der Waals surface area contributed by atoms with E-state index in [1.165, 1.54) is 0 Å². The van der Waals surface area contributed by atoms with Crippen molar-refractivity contribution in [3.8, 4) is 0 Å². The molecule has 0 spiro atoms. The Morgan fingerprint density at radius 3 is 2.86 bits per heavy atom. The van der Waals surface area contributed by atoms with Gasteiger partial charge in [0.25, 0.3) is 0 Å². The highest BCUT2D eigenvalue weighted by molar-refractivity contribution is 5.36. The standard InChI is InChI=1S/C15H24N4O2/c1-18(15-2-5-16-12-17-15)13-3-6-19(7-4-13)10-14-11-20-8-9-21-14/h2,5,12-14H,3-4,6-11H2,1H3. The zero-order valence-corrected chi connectivity index (χ0v) is 12.6. The number of likely N-dealkylation sites (tertiary alicyclic amines) is 1. The summed E-state index contributed by atoms with van der Waals surface area (Å²) in [6, 6.07) is 2.53. The van der Waals surface area contributed by atoms with E-state index in [1.807, 2.05) is 6.07 Å². The molecule has 2 saturated heterocycles. The lowest BCUT2D eigenvalue weighted by atomic mass is 10.0. The Hall–Kier alpha value is -1.24. The lowest BCUT2D eigenvalue weighted by Gasteiger charge is -2.38. The molecule has 6 nitrogen and oxygen atoms in total. The molecule has 116 valence electrons. The van der Waals surface area contributed by atoms with Gasteiger partial charge in [-0.3, -0.25) is 0 Å². The average Bonchev–Trinajstić information content (AvgIpc) is 2.57. The first-order valence-corrected chi connectivity index (χ1v) is 7.73. The van der Waals surface area contributed by atoms with Gasteiger partial charge in [-0.2, -0.15) is 0 Å². The van der Waals surface area contributed by atoms with Crippen LogP contribution < -0.4 is 4.90 Å². The number of hydrogen-bond donors (Lipinski definition) is 0. The van der Waals surface area contributed by atoms with Crippen molar-refractivity contribution in [2.45, 2.75) is 25.0 Å². The van der Waals surface area contributed by atoms with E-state index in [4.69, 9.17) is 9.47 Å². The minimum absolute atomic E-state index is 0.245. The van der Waals surface area contributed by atoms with E-state index in [9.17, 15) is 0 Å². The highest BCUT2D eigenvalue weighted by Gasteiger charge is 2.25. The molecule has 2 aliphatic rings. The second kappa shape index (κ2) is 7.15. The Morgan fingerprint density at radius 2 is 2.19 bits per heavy atom. The summed E-state index contributed by atoms with van der Waals surface area (Å²) >= 11 is 0. The Labute approximate surface area is 126 Å². The molecule has 1 aromatic heterocycles. The van der Waals surface area contributed by atoms with Crippen molar-refractivity contribution < 1.29 is 9.47 Å². The van der Waals surface area contributed by atoms with Crippen LogP contribution in [0.4, 0.5) is 5.82 Å². The van der Waals surface area contributed by atoms with Crippen LogP contribution >= 0.6 is 0 Å². The van der Waals surface area contributed by atoms with Crippen molar-refractivity contribution in [3.63, 3.8) is 0 Å². The molecule has 0 bridgehead atoms. The van der Waals surface area contributed by atoms with Gasteiger partial charge in [-0.15, -0.1) is 0 Å². The zero-order chi connectivity index (χ0) is 14.5. The van der Waals surface area contributed by atoms with Gasteiger partial charge in [0, 0.05) is 38.9 Å². The third-order valence-electron chi connectivity index (χ3n) is 4.38. The first kappa shape index (κ1) is 14.7. The third kappa shape index (κ3) is 3.90. The van der Waals surface area contributed by atoms with Crippen LogP contribution in [0.5, 0.6) is 0 Å². The van der Waals surface area contributed by atoms with Crippen LogP contribution in [0.1, 0.15) is 12.8 Å². The number of rotatable bonds is 4. The van der Waals surface area contributed by atoms with Gasteiger partial charge in [-0.25, -0.2) is 9.97 Å². The largest absolute Gasteiger partial charge is 0.376 e. The normalized spacial score (nSPS) is 24.9. The number of aromatic nitrogens is 2. The quantitative estimate of drug-likeness (QED) is 0.818. The van der Waals surface area contributed by atoms with Crippen LogP contribution in [-0.2, 0) is 9.47 Å². The molecule has 2 fully saturated rings. The van der Waals surface area contributed by atoms with Gasteiger partial charge in [-0.05, 0) is 18.9 Å². The van der Waals surface area contributed by atoms with Crippen LogP contribution in [0.25, 0.3) is 0 Å². The van der Waals surface area contributed by atoms with Crippen LogP contribution in [0.2, 0.25) is 0 Å². The molecule has 0 aromatic carbocycles. The number of hydrogen-bond acceptors (Lipinski definition) is 6. The van der Waals surface area contributed by atoms with Crippen molar-refractivity contribution in [1.82, 2.24) is 14.9 Å². The molecule has 6 heteroatoms. The molecule has 0 radical (unpaired) electrons. The molecular formula is C15H24N4O2. The van der Waals surface area contributed by atoms with Crippen molar-refractivity contribution in [3.05, 3.63) is 18.6 Å². The van der Waals surface area contributed by atoms with E-state index < -0.39 is 0 Å². The number of anilines is 1. The number of piperidine rings is 1. The minimum atomic E-state index is 0.245. The Bertz CT molecular complexity index is 417. The van der Waals surface area contributed by atoms with Gasteiger partial charge < -0.3 is 19.3 Å². The smallest absolute Gasteiger partial charge is 0.131 e. The van der Waals surface area contributed by atoms with Gasteiger partial charge >= 0.3 is 0 Å². The average molecular weight is 292 g/mol. The van der Waals surface area contributed by atoms with Gasteiger partial charge in [0.1, 0.15) is 12.1 Å². The second-order valence-electron chi connectivity index (χ2n) is 5.78. The molecule has 1 atom stereocenters. The lowest BCUT2D eigenvalue weighted by molar-refractivity contribution is -0.0987. The predicted molar refractivity (Wildman–Crippen MR) is 80.5 cm³/mol. The lowest BCUT2D eigenvalue weighted by Crippen LogP contribution is -2.47. The summed E-state index contributed by atoms with van der Waals surface area (Å²) in [5, 5.41) is 0. The molecule has 1 unspecified atom stereocenters. The second-order valence-corrected chi connectivity index (χ2v) is 5.78.